The van der Waals surface area contributed by atoms with Crippen LogP contribution in [0.25, 0.3) is 0 Å². The summed E-state index contributed by atoms with van der Waals surface area (Å²) in [6, 6.07) is 0. The van der Waals surface area contributed by atoms with Crippen LogP contribution in [0.2, 0.25) is 0 Å². The van der Waals surface area contributed by atoms with E-state index in [1.54, 1.807) is 0 Å². The Morgan fingerprint density at radius 3 is 1.76 bits per heavy atom. The first-order valence-electron chi connectivity index (χ1n) is 9.47. The molecule has 3 N–H and O–H groups in total. The van der Waals surface area contributed by atoms with Crippen LogP contribution in [0.3, 0.4) is 0 Å². The average molecular weight is 357 g/mol. The molecule has 0 aliphatic heterocycles. The number of rotatable bonds is 15. The molecule has 146 valence electrons. The fourth-order valence-corrected chi connectivity index (χ4v) is 2.01. The fourth-order valence-electron chi connectivity index (χ4n) is 2.01. The molecule has 0 spiro atoms. The van der Waals surface area contributed by atoms with Gasteiger partial charge in [-0.1, -0.05) is 40.0 Å². The van der Waals surface area contributed by atoms with Gasteiger partial charge in [0.15, 0.2) is 0 Å². The van der Waals surface area contributed by atoms with Crippen LogP contribution in [0.4, 0.5) is 0 Å². The van der Waals surface area contributed by atoms with Gasteiger partial charge >= 0.3 is 0 Å². The van der Waals surface area contributed by atoms with Crippen molar-refractivity contribution in [3.05, 3.63) is 0 Å². The largest absolute Gasteiger partial charge is 0.358 e. The van der Waals surface area contributed by atoms with Gasteiger partial charge in [0.2, 0.25) is 17.7 Å². The minimum Gasteiger partial charge on any atom is -0.358 e. The van der Waals surface area contributed by atoms with E-state index in [0.29, 0.717) is 19.6 Å². The summed E-state index contributed by atoms with van der Waals surface area (Å²) in [5.41, 5.74) is 0. The van der Waals surface area contributed by atoms with Crippen molar-refractivity contribution in [2.24, 2.45) is 0 Å². The van der Waals surface area contributed by atoms with Crippen LogP contribution in [0, 0.1) is 0 Å². The number of hydrogen-bond donors (Lipinski definition) is 3. The third-order valence-corrected chi connectivity index (χ3v) is 3.61. The molecule has 3 amide bonds. The lowest BCUT2D eigenvalue weighted by Gasteiger charge is -2.17. The zero-order valence-corrected chi connectivity index (χ0v) is 16.0. The molecule has 0 radical (unpaired) electrons. The molecule has 7 heteroatoms. The van der Waals surface area contributed by atoms with Crippen LogP contribution in [0.1, 0.15) is 65.7 Å². The second kappa shape index (κ2) is 15.9. The highest BCUT2D eigenvalue weighted by Gasteiger charge is 2.23. The van der Waals surface area contributed by atoms with E-state index in [1.807, 2.05) is 20.8 Å². The summed E-state index contributed by atoms with van der Waals surface area (Å²) in [6.07, 6.45) is 4.55. The van der Waals surface area contributed by atoms with Gasteiger partial charge in [-0.05, 0) is 19.3 Å². The van der Waals surface area contributed by atoms with Gasteiger partial charge in [0.1, 0.15) is 12.7 Å². The Hall–Kier alpha value is -1.63. The Labute approximate surface area is 151 Å². The second-order valence-electron chi connectivity index (χ2n) is 6.06. The predicted octanol–water partition coefficient (Wildman–Crippen LogP) is 1.51. The number of hydrogen-bond acceptors (Lipinski definition) is 4. The maximum Gasteiger partial charge on any atom is 0.249 e. The second-order valence-corrected chi connectivity index (χ2v) is 6.06. The van der Waals surface area contributed by atoms with Gasteiger partial charge < -0.3 is 20.7 Å². The van der Waals surface area contributed by atoms with Gasteiger partial charge in [-0.3, -0.25) is 14.4 Å². The average Bonchev–Trinajstić information content (AvgIpc) is 2.59. The minimum absolute atomic E-state index is 0.0795. The summed E-state index contributed by atoms with van der Waals surface area (Å²) < 4.78 is 5.42. The SMILES string of the molecule is CCCCNC(=O)COC(CC(=O)NCCCC)C(=O)NCCCC. The third-order valence-electron chi connectivity index (χ3n) is 3.61. The lowest BCUT2D eigenvalue weighted by molar-refractivity contribution is -0.142. The molecular formula is C18H35N3O4. The molecule has 25 heavy (non-hydrogen) atoms. The van der Waals surface area contributed by atoms with Crippen LogP contribution in [0.5, 0.6) is 0 Å². The number of amides is 3. The topological polar surface area (TPSA) is 96.5 Å². The van der Waals surface area contributed by atoms with E-state index in [0.717, 1.165) is 38.5 Å². The lowest BCUT2D eigenvalue weighted by Crippen LogP contribution is -2.42. The van der Waals surface area contributed by atoms with E-state index in [4.69, 9.17) is 4.74 Å². The first kappa shape index (κ1) is 23.4. The molecule has 0 rings (SSSR count). The van der Waals surface area contributed by atoms with E-state index < -0.39 is 6.10 Å². The van der Waals surface area contributed by atoms with Crippen molar-refractivity contribution in [3.63, 3.8) is 0 Å². The summed E-state index contributed by atoms with van der Waals surface area (Å²) in [5, 5.41) is 8.25. The van der Waals surface area contributed by atoms with Gasteiger partial charge in [0.05, 0.1) is 6.42 Å². The normalized spacial score (nSPS) is 11.6. The van der Waals surface area contributed by atoms with E-state index in [-0.39, 0.29) is 30.7 Å². The molecule has 0 saturated carbocycles. The van der Waals surface area contributed by atoms with Gasteiger partial charge in [-0.2, -0.15) is 0 Å². The standard InChI is InChI=1S/C18H35N3O4/c1-4-7-10-19-16(22)13-15(18(24)21-12-9-6-3)25-14-17(23)20-11-8-5-2/h15H,4-14H2,1-3H3,(H,19,22)(H,20,23)(H,21,24). The molecule has 0 fully saturated rings. The van der Waals surface area contributed by atoms with E-state index in [9.17, 15) is 14.4 Å². The van der Waals surface area contributed by atoms with Crippen LogP contribution >= 0.6 is 0 Å². The lowest BCUT2D eigenvalue weighted by atomic mass is 10.2. The Kier molecular flexibility index (Phi) is 14.8. The minimum atomic E-state index is -0.949. The number of unbranched alkanes of at least 4 members (excludes halogenated alkanes) is 3. The maximum atomic E-state index is 12.2. The molecule has 1 unspecified atom stereocenters. The zero-order valence-electron chi connectivity index (χ0n) is 16.0. The third kappa shape index (κ3) is 13.3. The van der Waals surface area contributed by atoms with Gasteiger partial charge in [0, 0.05) is 19.6 Å². The van der Waals surface area contributed by atoms with Crippen molar-refractivity contribution in [2.75, 3.05) is 26.2 Å². The number of nitrogens with one attached hydrogen (secondary N) is 3. The molecule has 7 nitrogen and oxygen atoms in total. The van der Waals surface area contributed by atoms with Crippen molar-refractivity contribution in [1.82, 2.24) is 16.0 Å². The highest BCUT2D eigenvalue weighted by Crippen LogP contribution is 2.01. The Morgan fingerprint density at radius 2 is 1.24 bits per heavy atom. The van der Waals surface area contributed by atoms with Gasteiger partial charge in [0.25, 0.3) is 0 Å². The molecule has 0 aliphatic rings. The van der Waals surface area contributed by atoms with Crippen LogP contribution in [-0.2, 0) is 19.1 Å². The summed E-state index contributed by atoms with van der Waals surface area (Å²) in [4.78, 5) is 35.9. The maximum absolute atomic E-state index is 12.2. The zero-order chi connectivity index (χ0) is 18.9. The molecule has 0 heterocycles. The van der Waals surface area contributed by atoms with Gasteiger partial charge in [-0.25, -0.2) is 0 Å². The smallest absolute Gasteiger partial charge is 0.249 e. The number of carbonyl (C=O) groups excluding carboxylic acids is 3. The molecule has 0 aromatic rings. The van der Waals surface area contributed by atoms with E-state index >= 15 is 0 Å². The van der Waals surface area contributed by atoms with Crippen molar-refractivity contribution >= 4 is 17.7 Å². The molecular weight excluding hydrogens is 322 g/mol. The monoisotopic (exact) mass is 357 g/mol. The van der Waals surface area contributed by atoms with Crippen molar-refractivity contribution in [2.45, 2.75) is 71.8 Å². The van der Waals surface area contributed by atoms with E-state index in [1.165, 1.54) is 0 Å². The number of carbonyl (C=O) groups is 3. The van der Waals surface area contributed by atoms with Crippen molar-refractivity contribution < 1.29 is 19.1 Å². The van der Waals surface area contributed by atoms with Crippen LogP contribution < -0.4 is 16.0 Å². The Bertz CT molecular complexity index is 389. The van der Waals surface area contributed by atoms with E-state index in [2.05, 4.69) is 16.0 Å². The number of ether oxygens (including phenoxy) is 1. The molecule has 0 bridgehead atoms. The van der Waals surface area contributed by atoms with Crippen LogP contribution in [0.15, 0.2) is 0 Å². The highest BCUT2D eigenvalue weighted by atomic mass is 16.5. The molecule has 1 atom stereocenters. The van der Waals surface area contributed by atoms with Crippen molar-refractivity contribution in [3.8, 4) is 0 Å². The Morgan fingerprint density at radius 1 is 0.760 bits per heavy atom. The molecule has 0 aliphatic carbocycles. The summed E-state index contributed by atoms with van der Waals surface area (Å²) in [5.74, 6) is -0.859. The first-order valence-corrected chi connectivity index (χ1v) is 9.47. The molecule has 0 aromatic carbocycles. The quantitative estimate of drug-likeness (QED) is 0.387. The molecule has 0 saturated heterocycles. The summed E-state index contributed by atoms with van der Waals surface area (Å²) >= 11 is 0. The summed E-state index contributed by atoms with van der Waals surface area (Å²) in [7, 11) is 0. The summed E-state index contributed by atoms with van der Waals surface area (Å²) in [6.45, 7) is 7.59. The Balaban J connectivity index is 4.42. The molecule has 0 aromatic heterocycles. The highest BCUT2D eigenvalue weighted by molar-refractivity contribution is 5.88. The van der Waals surface area contributed by atoms with Crippen LogP contribution in [-0.4, -0.2) is 50.1 Å². The predicted molar refractivity (Wildman–Crippen MR) is 98.1 cm³/mol. The first-order chi connectivity index (χ1) is 12.0. The van der Waals surface area contributed by atoms with Gasteiger partial charge in [-0.15, -0.1) is 0 Å². The van der Waals surface area contributed by atoms with Crippen molar-refractivity contribution in [1.29, 1.82) is 0 Å². The fraction of sp³-hybridized carbons (Fsp3) is 0.833.